The summed E-state index contributed by atoms with van der Waals surface area (Å²) in [6.07, 6.45) is 1.05. The third-order valence-electron chi connectivity index (χ3n) is 1.49. The highest BCUT2D eigenvalue weighted by molar-refractivity contribution is 7.99. The zero-order valence-electron chi connectivity index (χ0n) is 7.38. The second-order valence-corrected chi connectivity index (χ2v) is 4.13. The minimum Gasteiger partial charge on any atom is -0.262 e. The highest BCUT2D eigenvalue weighted by Gasteiger charge is 2.00. The van der Waals surface area contributed by atoms with Crippen LogP contribution in [0.3, 0.4) is 0 Å². The van der Waals surface area contributed by atoms with Crippen LogP contribution in [0.4, 0.5) is 0 Å². The first-order valence-corrected chi connectivity index (χ1v) is 5.45. The summed E-state index contributed by atoms with van der Waals surface area (Å²) in [6, 6.07) is 2.10. The molecule has 68 valence electrons. The van der Waals surface area contributed by atoms with Crippen LogP contribution in [0, 0.1) is 6.92 Å². The highest BCUT2D eigenvalue weighted by Crippen LogP contribution is 2.18. The van der Waals surface area contributed by atoms with Gasteiger partial charge in [0, 0.05) is 18.7 Å². The lowest BCUT2D eigenvalue weighted by atomic mass is 10.5. The van der Waals surface area contributed by atoms with E-state index in [9.17, 15) is 0 Å². The van der Waals surface area contributed by atoms with Crippen molar-refractivity contribution in [3.05, 3.63) is 11.8 Å². The van der Waals surface area contributed by atoms with Gasteiger partial charge in [0.2, 0.25) is 0 Å². The Bertz CT molecular complexity index is 247. The Kier molecular flexibility index (Phi) is 3.95. The first kappa shape index (κ1) is 9.93. The van der Waals surface area contributed by atoms with Gasteiger partial charge in [-0.1, -0.05) is 0 Å². The Hall–Kier alpha value is -0.150. The van der Waals surface area contributed by atoms with E-state index >= 15 is 0 Å². The molecule has 0 saturated carbocycles. The quantitative estimate of drug-likeness (QED) is 0.426. The molecule has 12 heavy (non-hydrogen) atoms. The summed E-state index contributed by atoms with van der Waals surface area (Å²) in [5.74, 6) is 1.81. The summed E-state index contributed by atoms with van der Waals surface area (Å²) in [5.41, 5.74) is 1.07. The van der Waals surface area contributed by atoms with Gasteiger partial charge in [-0.15, -0.1) is 23.4 Å². The van der Waals surface area contributed by atoms with Crippen molar-refractivity contribution >= 4 is 23.4 Å². The predicted molar refractivity (Wildman–Crippen MR) is 54.0 cm³/mol. The Balaban J connectivity index is 2.45. The summed E-state index contributed by atoms with van der Waals surface area (Å²) < 4.78 is 1.91. The third kappa shape index (κ3) is 2.72. The lowest BCUT2D eigenvalue weighted by molar-refractivity contribution is 0.692. The fourth-order valence-corrected chi connectivity index (χ4v) is 2.22. The average Bonchev–Trinajstić information content (AvgIpc) is 2.31. The van der Waals surface area contributed by atoms with Gasteiger partial charge in [0.25, 0.3) is 0 Å². The molecule has 1 heterocycles. The van der Waals surface area contributed by atoms with Crippen LogP contribution in [0.15, 0.2) is 11.1 Å². The molecule has 1 aromatic rings. The Morgan fingerprint density at radius 2 is 2.42 bits per heavy atom. The van der Waals surface area contributed by atoms with Crippen molar-refractivity contribution in [1.29, 1.82) is 0 Å². The number of hydrogen-bond donors (Lipinski definition) is 0. The van der Waals surface area contributed by atoms with Crippen molar-refractivity contribution in [3.8, 4) is 0 Å². The number of hydrogen-bond acceptors (Lipinski definition) is 2. The number of nitrogens with zero attached hydrogens (tertiary/aromatic N) is 2. The topological polar surface area (TPSA) is 17.8 Å². The molecule has 1 aromatic heterocycles. The predicted octanol–water partition coefficient (Wildman–Crippen LogP) is 2.45. The lowest BCUT2D eigenvalue weighted by Crippen LogP contribution is -1.93. The maximum atomic E-state index is 5.58. The van der Waals surface area contributed by atoms with Crippen molar-refractivity contribution in [2.24, 2.45) is 7.05 Å². The number of halogens is 1. The van der Waals surface area contributed by atoms with Gasteiger partial charge >= 0.3 is 0 Å². The van der Waals surface area contributed by atoms with Crippen LogP contribution in [0.2, 0.25) is 0 Å². The maximum Gasteiger partial charge on any atom is 0.0939 e. The van der Waals surface area contributed by atoms with E-state index in [1.54, 1.807) is 0 Å². The van der Waals surface area contributed by atoms with E-state index < -0.39 is 0 Å². The fraction of sp³-hybridized carbons (Fsp3) is 0.625. The number of alkyl halides is 1. The molecule has 0 amide bonds. The van der Waals surface area contributed by atoms with Crippen molar-refractivity contribution in [1.82, 2.24) is 9.78 Å². The molecule has 0 atom stereocenters. The largest absolute Gasteiger partial charge is 0.262 e. The zero-order valence-corrected chi connectivity index (χ0v) is 8.95. The van der Waals surface area contributed by atoms with Crippen molar-refractivity contribution < 1.29 is 0 Å². The molecule has 0 radical (unpaired) electrons. The van der Waals surface area contributed by atoms with Crippen molar-refractivity contribution in [2.75, 3.05) is 11.6 Å². The van der Waals surface area contributed by atoms with E-state index in [1.165, 1.54) is 5.03 Å². The van der Waals surface area contributed by atoms with E-state index in [0.717, 1.165) is 23.7 Å². The molecule has 0 aromatic carbocycles. The van der Waals surface area contributed by atoms with Crippen LogP contribution in [0.25, 0.3) is 0 Å². The number of aryl methyl sites for hydroxylation is 2. The van der Waals surface area contributed by atoms with Gasteiger partial charge in [-0.3, -0.25) is 4.68 Å². The molecule has 0 saturated heterocycles. The van der Waals surface area contributed by atoms with Crippen LogP contribution < -0.4 is 0 Å². The molecule has 0 N–H and O–H groups in total. The van der Waals surface area contributed by atoms with Crippen molar-refractivity contribution in [3.63, 3.8) is 0 Å². The smallest absolute Gasteiger partial charge is 0.0939 e. The van der Waals surface area contributed by atoms with Gasteiger partial charge in [-0.05, 0) is 19.4 Å². The summed E-state index contributed by atoms with van der Waals surface area (Å²) >= 11 is 7.39. The molecule has 0 aliphatic rings. The van der Waals surface area contributed by atoms with Gasteiger partial charge in [0.15, 0.2) is 0 Å². The zero-order chi connectivity index (χ0) is 8.97. The van der Waals surface area contributed by atoms with Gasteiger partial charge in [0.1, 0.15) is 0 Å². The third-order valence-corrected chi connectivity index (χ3v) is 2.92. The number of aromatic nitrogens is 2. The minimum absolute atomic E-state index is 0.740. The second-order valence-electron chi connectivity index (χ2n) is 2.64. The summed E-state index contributed by atoms with van der Waals surface area (Å²) in [4.78, 5) is 0. The van der Waals surface area contributed by atoms with Crippen LogP contribution in [0.5, 0.6) is 0 Å². The van der Waals surface area contributed by atoms with Gasteiger partial charge < -0.3 is 0 Å². The molecule has 2 nitrogen and oxygen atoms in total. The molecule has 0 aliphatic heterocycles. The first-order chi connectivity index (χ1) is 5.74. The van der Waals surface area contributed by atoms with Crippen molar-refractivity contribution in [2.45, 2.75) is 18.4 Å². The molecular formula is C8H13ClN2S. The minimum atomic E-state index is 0.740. The Labute approximate surface area is 82.3 Å². The summed E-state index contributed by atoms with van der Waals surface area (Å²) in [5, 5.41) is 5.47. The Morgan fingerprint density at radius 1 is 1.67 bits per heavy atom. The summed E-state index contributed by atoms with van der Waals surface area (Å²) in [7, 11) is 1.97. The van der Waals surface area contributed by atoms with E-state index in [-0.39, 0.29) is 0 Å². The SMILES string of the molecule is Cc1cc(SCCCCl)n(C)n1. The van der Waals surface area contributed by atoms with E-state index in [1.807, 2.05) is 30.4 Å². The first-order valence-electron chi connectivity index (χ1n) is 3.93. The fourth-order valence-electron chi connectivity index (χ4n) is 0.953. The lowest BCUT2D eigenvalue weighted by Gasteiger charge is -1.98. The standard InChI is InChI=1S/C8H13ClN2S/c1-7-6-8(11(2)10-7)12-5-3-4-9/h6H,3-5H2,1-2H3. The van der Waals surface area contributed by atoms with Crippen LogP contribution in [-0.4, -0.2) is 21.4 Å². The van der Waals surface area contributed by atoms with Crippen LogP contribution >= 0.6 is 23.4 Å². The molecule has 0 spiro atoms. The molecule has 4 heteroatoms. The second kappa shape index (κ2) is 4.77. The van der Waals surface area contributed by atoms with Gasteiger partial charge in [0.05, 0.1) is 10.7 Å². The molecule has 0 fully saturated rings. The molecular weight excluding hydrogens is 192 g/mol. The number of rotatable bonds is 4. The highest BCUT2D eigenvalue weighted by atomic mass is 35.5. The average molecular weight is 205 g/mol. The van der Waals surface area contributed by atoms with Crippen LogP contribution in [-0.2, 0) is 7.05 Å². The van der Waals surface area contributed by atoms with Gasteiger partial charge in [-0.25, -0.2) is 0 Å². The molecule has 0 bridgehead atoms. The van der Waals surface area contributed by atoms with Gasteiger partial charge in [-0.2, -0.15) is 5.10 Å². The number of thioether (sulfide) groups is 1. The summed E-state index contributed by atoms with van der Waals surface area (Å²) in [6.45, 7) is 2.01. The molecule has 0 unspecified atom stereocenters. The van der Waals surface area contributed by atoms with E-state index in [4.69, 9.17) is 11.6 Å². The van der Waals surface area contributed by atoms with E-state index in [2.05, 4.69) is 11.2 Å². The molecule has 1 rings (SSSR count). The normalized spacial score (nSPS) is 10.6. The monoisotopic (exact) mass is 204 g/mol. The molecule has 0 aliphatic carbocycles. The van der Waals surface area contributed by atoms with E-state index in [0.29, 0.717) is 0 Å². The maximum absolute atomic E-state index is 5.58. The van der Waals surface area contributed by atoms with Crippen LogP contribution in [0.1, 0.15) is 12.1 Å². The Morgan fingerprint density at radius 3 is 2.92 bits per heavy atom.